The number of amides is 2. The Hall–Kier alpha value is -2.36. The fourth-order valence-corrected chi connectivity index (χ4v) is 5.14. The van der Waals surface area contributed by atoms with Crippen molar-refractivity contribution in [2.45, 2.75) is 69.4 Å². The van der Waals surface area contributed by atoms with Crippen molar-refractivity contribution in [3.8, 4) is 0 Å². The summed E-state index contributed by atoms with van der Waals surface area (Å²) in [6.07, 6.45) is 8.39. The average Bonchev–Trinajstić information content (AvgIpc) is 3.64. The first-order valence-corrected chi connectivity index (χ1v) is 11.2. The minimum absolute atomic E-state index is 0.111. The summed E-state index contributed by atoms with van der Waals surface area (Å²) in [5.41, 5.74) is 0.937. The first-order valence-electron chi connectivity index (χ1n) is 11.2. The molecule has 1 heterocycles. The second-order valence-corrected chi connectivity index (χ2v) is 9.41. The number of benzene rings is 2. The first-order chi connectivity index (χ1) is 14.1. The topological polar surface area (TPSA) is 58.2 Å². The molecule has 2 N–H and O–H groups in total. The molecule has 2 aromatic carbocycles. The second-order valence-electron chi connectivity index (χ2n) is 9.41. The third kappa shape index (κ3) is 4.17. The molecule has 1 aliphatic heterocycles. The Balaban J connectivity index is 1.29. The van der Waals surface area contributed by atoms with Gasteiger partial charge in [-0.05, 0) is 73.1 Å². The van der Waals surface area contributed by atoms with Gasteiger partial charge in [0.15, 0.2) is 0 Å². The average molecular weight is 391 g/mol. The van der Waals surface area contributed by atoms with Crippen molar-refractivity contribution >= 4 is 22.6 Å². The lowest BCUT2D eigenvalue weighted by molar-refractivity contribution is -0.123. The van der Waals surface area contributed by atoms with Gasteiger partial charge in [0.25, 0.3) is 0 Å². The standard InChI is InChI=1S/C25H30N2O2/c28-22(26-24(18-8-9-18)19-10-11-19)12-14-25(15-13-23(29)27-25)16-20-6-3-5-17-4-1-2-7-21(17)20/h1-7,18-19,24H,8-16H2,(H,26,28)(H,27,29). The van der Waals surface area contributed by atoms with E-state index in [-0.39, 0.29) is 17.4 Å². The number of rotatable bonds is 8. The van der Waals surface area contributed by atoms with Gasteiger partial charge in [-0.2, -0.15) is 0 Å². The van der Waals surface area contributed by atoms with Gasteiger partial charge >= 0.3 is 0 Å². The lowest BCUT2D eigenvalue weighted by Gasteiger charge is -2.30. The van der Waals surface area contributed by atoms with Crippen LogP contribution in [-0.2, 0) is 16.0 Å². The lowest BCUT2D eigenvalue weighted by atomic mass is 9.83. The molecular weight excluding hydrogens is 360 g/mol. The molecule has 4 nitrogen and oxygen atoms in total. The first kappa shape index (κ1) is 18.7. The van der Waals surface area contributed by atoms with Crippen LogP contribution in [0.3, 0.4) is 0 Å². The minimum Gasteiger partial charge on any atom is -0.353 e. The van der Waals surface area contributed by atoms with E-state index in [2.05, 4.69) is 53.1 Å². The lowest BCUT2D eigenvalue weighted by Crippen LogP contribution is -2.45. The van der Waals surface area contributed by atoms with Crippen LogP contribution in [0.25, 0.3) is 10.8 Å². The molecule has 4 heteroatoms. The smallest absolute Gasteiger partial charge is 0.220 e. The molecule has 3 aliphatic rings. The van der Waals surface area contributed by atoms with Crippen LogP contribution in [-0.4, -0.2) is 23.4 Å². The molecule has 2 aliphatic carbocycles. The molecule has 0 bridgehead atoms. The van der Waals surface area contributed by atoms with Crippen LogP contribution >= 0.6 is 0 Å². The Morgan fingerprint density at radius 1 is 1.07 bits per heavy atom. The fraction of sp³-hybridized carbons (Fsp3) is 0.520. The summed E-state index contributed by atoms with van der Waals surface area (Å²) in [5, 5.41) is 9.04. The molecule has 1 atom stereocenters. The van der Waals surface area contributed by atoms with Crippen molar-refractivity contribution in [3.63, 3.8) is 0 Å². The number of nitrogens with one attached hydrogen (secondary N) is 2. The zero-order chi connectivity index (χ0) is 19.8. The molecule has 2 saturated carbocycles. The highest BCUT2D eigenvalue weighted by molar-refractivity contribution is 5.86. The molecule has 2 amide bonds. The van der Waals surface area contributed by atoms with Gasteiger partial charge in [-0.25, -0.2) is 0 Å². The van der Waals surface area contributed by atoms with Crippen molar-refractivity contribution in [2.24, 2.45) is 11.8 Å². The van der Waals surface area contributed by atoms with E-state index in [1.54, 1.807) is 0 Å². The van der Waals surface area contributed by atoms with Crippen molar-refractivity contribution < 1.29 is 9.59 Å². The number of hydrogen-bond donors (Lipinski definition) is 2. The van der Waals surface area contributed by atoms with Crippen LogP contribution in [0.5, 0.6) is 0 Å². The summed E-state index contributed by atoms with van der Waals surface area (Å²) in [4.78, 5) is 24.9. The molecule has 5 rings (SSSR count). The highest BCUT2D eigenvalue weighted by Gasteiger charge is 2.43. The van der Waals surface area contributed by atoms with Gasteiger partial charge in [0.05, 0.1) is 0 Å². The summed E-state index contributed by atoms with van der Waals surface area (Å²) in [6, 6.07) is 15.2. The fourth-order valence-electron chi connectivity index (χ4n) is 5.14. The van der Waals surface area contributed by atoms with Gasteiger partial charge in [0, 0.05) is 24.4 Å². The van der Waals surface area contributed by atoms with E-state index >= 15 is 0 Å². The maximum absolute atomic E-state index is 12.7. The van der Waals surface area contributed by atoms with E-state index in [9.17, 15) is 9.59 Å². The van der Waals surface area contributed by atoms with E-state index < -0.39 is 0 Å². The van der Waals surface area contributed by atoms with Crippen LogP contribution in [0, 0.1) is 11.8 Å². The number of carbonyl (C=O) groups is 2. The molecule has 29 heavy (non-hydrogen) atoms. The summed E-state index contributed by atoms with van der Waals surface area (Å²) in [7, 11) is 0. The summed E-state index contributed by atoms with van der Waals surface area (Å²) < 4.78 is 0. The molecule has 0 spiro atoms. The second kappa shape index (κ2) is 7.47. The van der Waals surface area contributed by atoms with Gasteiger partial charge < -0.3 is 10.6 Å². The Morgan fingerprint density at radius 3 is 2.48 bits per heavy atom. The SMILES string of the molecule is O=C(CCC1(Cc2cccc3ccccc23)CCC(=O)N1)NC(C1CC1)C1CC1. The third-order valence-corrected chi connectivity index (χ3v) is 7.06. The molecule has 1 saturated heterocycles. The minimum atomic E-state index is -0.312. The normalized spacial score (nSPS) is 24.1. The summed E-state index contributed by atoms with van der Waals surface area (Å²) in [6.45, 7) is 0. The predicted octanol–water partition coefficient (Wildman–Crippen LogP) is 4.12. The van der Waals surface area contributed by atoms with Gasteiger partial charge in [-0.3, -0.25) is 9.59 Å². The Bertz CT molecular complexity index is 914. The monoisotopic (exact) mass is 390 g/mol. The Labute approximate surface area is 172 Å². The number of carbonyl (C=O) groups excluding carboxylic acids is 2. The number of hydrogen-bond acceptors (Lipinski definition) is 2. The van der Waals surface area contributed by atoms with E-state index in [0.29, 0.717) is 37.1 Å². The molecule has 1 unspecified atom stereocenters. The van der Waals surface area contributed by atoms with Gasteiger partial charge in [0.1, 0.15) is 0 Å². The summed E-state index contributed by atoms with van der Waals surface area (Å²) in [5.74, 6) is 1.69. The quantitative estimate of drug-likeness (QED) is 0.712. The Morgan fingerprint density at radius 2 is 1.79 bits per heavy atom. The van der Waals surface area contributed by atoms with Crippen LogP contribution < -0.4 is 10.6 Å². The van der Waals surface area contributed by atoms with Crippen LogP contribution in [0.15, 0.2) is 42.5 Å². The van der Waals surface area contributed by atoms with E-state index in [1.807, 2.05) is 0 Å². The van der Waals surface area contributed by atoms with Crippen molar-refractivity contribution in [3.05, 3.63) is 48.0 Å². The van der Waals surface area contributed by atoms with Crippen molar-refractivity contribution in [1.29, 1.82) is 0 Å². The maximum Gasteiger partial charge on any atom is 0.220 e. The number of fused-ring (bicyclic) bond motifs is 1. The zero-order valence-electron chi connectivity index (χ0n) is 17.0. The van der Waals surface area contributed by atoms with Crippen LogP contribution in [0.1, 0.15) is 56.9 Å². The highest BCUT2D eigenvalue weighted by Crippen LogP contribution is 2.44. The van der Waals surface area contributed by atoms with Gasteiger partial charge in [0.2, 0.25) is 11.8 Å². The van der Waals surface area contributed by atoms with Gasteiger partial charge in [-0.1, -0.05) is 42.5 Å². The molecule has 152 valence electrons. The van der Waals surface area contributed by atoms with Crippen molar-refractivity contribution in [2.75, 3.05) is 0 Å². The Kier molecular flexibility index (Phi) is 4.81. The van der Waals surface area contributed by atoms with Crippen molar-refractivity contribution in [1.82, 2.24) is 10.6 Å². The van der Waals surface area contributed by atoms with Crippen LogP contribution in [0.2, 0.25) is 0 Å². The molecule has 0 aromatic heterocycles. The maximum atomic E-state index is 12.7. The van der Waals surface area contributed by atoms with E-state index in [1.165, 1.54) is 42.0 Å². The molecule has 3 fully saturated rings. The summed E-state index contributed by atoms with van der Waals surface area (Å²) >= 11 is 0. The predicted molar refractivity (Wildman–Crippen MR) is 114 cm³/mol. The van der Waals surface area contributed by atoms with Crippen LogP contribution in [0.4, 0.5) is 0 Å². The molecular formula is C25H30N2O2. The van der Waals surface area contributed by atoms with E-state index in [4.69, 9.17) is 0 Å². The highest BCUT2D eigenvalue weighted by atomic mass is 16.2. The molecule has 0 radical (unpaired) electrons. The van der Waals surface area contributed by atoms with Gasteiger partial charge in [-0.15, -0.1) is 0 Å². The largest absolute Gasteiger partial charge is 0.353 e. The molecule has 2 aromatic rings. The third-order valence-electron chi connectivity index (χ3n) is 7.06. The van der Waals surface area contributed by atoms with E-state index in [0.717, 1.165) is 12.8 Å². The zero-order valence-corrected chi connectivity index (χ0v) is 17.0.